The predicted molar refractivity (Wildman–Crippen MR) is 51.1 cm³/mol. The minimum atomic E-state index is 0.0260. The predicted octanol–water partition coefficient (Wildman–Crippen LogP) is 3.22. The van der Waals surface area contributed by atoms with Gasteiger partial charge >= 0.3 is 0 Å². The second-order valence-corrected chi connectivity index (χ2v) is 5.03. The summed E-state index contributed by atoms with van der Waals surface area (Å²) in [5, 5.41) is 2.11. The third kappa shape index (κ3) is 1.55. The fraction of sp³-hybridized carbons (Fsp3) is 0.500. The summed E-state index contributed by atoms with van der Waals surface area (Å²) in [6.45, 7) is 6.37. The van der Waals surface area contributed by atoms with Crippen LogP contribution in [0.2, 0.25) is 0 Å². The molecule has 0 spiro atoms. The maximum atomic E-state index is 4.49. The van der Waals surface area contributed by atoms with Crippen molar-refractivity contribution in [2.24, 2.45) is 0 Å². The molecule has 0 N–H and O–H groups in total. The van der Waals surface area contributed by atoms with Crippen molar-refractivity contribution < 1.29 is 0 Å². The van der Waals surface area contributed by atoms with E-state index in [2.05, 4.69) is 44.8 Å². The van der Waals surface area contributed by atoms with Gasteiger partial charge in [-0.05, 0) is 37.8 Å². The number of thiophene rings is 1. The van der Waals surface area contributed by atoms with Crippen LogP contribution in [0.1, 0.15) is 24.3 Å². The van der Waals surface area contributed by atoms with Crippen molar-refractivity contribution in [1.82, 2.24) is 0 Å². The summed E-state index contributed by atoms with van der Waals surface area (Å²) >= 11 is 6.27. The van der Waals surface area contributed by atoms with Crippen LogP contribution >= 0.6 is 24.0 Å². The van der Waals surface area contributed by atoms with E-state index < -0.39 is 0 Å². The van der Waals surface area contributed by atoms with Crippen LogP contribution in [0.25, 0.3) is 0 Å². The van der Waals surface area contributed by atoms with Crippen molar-refractivity contribution in [1.29, 1.82) is 0 Å². The maximum absolute atomic E-state index is 4.49. The molecule has 0 saturated heterocycles. The highest BCUT2D eigenvalue weighted by Crippen LogP contribution is 2.33. The molecule has 1 aromatic heterocycles. The molecule has 0 aliphatic carbocycles. The highest BCUT2D eigenvalue weighted by molar-refractivity contribution is 7.81. The average Bonchev–Trinajstić information content (AvgIpc) is 2.11. The van der Waals surface area contributed by atoms with Crippen LogP contribution in [0.15, 0.2) is 11.4 Å². The molecule has 0 aliphatic rings. The van der Waals surface area contributed by atoms with Crippen LogP contribution in [0.4, 0.5) is 0 Å². The quantitative estimate of drug-likeness (QED) is 0.618. The fourth-order valence-corrected chi connectivity index (χ4v) is 2.28. The van der Waals surface area contributed by atoms with Crippen LogP contribution in [-0.2, 0) is 4.75 Å². The van der Waals surface area contributed by atoms with Crippen LogP contribution < -0.4 is 0 Å². The van der Waals surface area contributed by atoms with Gasteiger partial charge in [0.25, 0.3) is 0 Å². The molecule has 56 valence electrons. The number of thiol groups is 1. The van der Waals surface area contributed by atoms with Gasteiger partial charge in [-0.25, -0.2) is 0 Å². The second-order valence-electron chi connectivity index (χ2n) is 2.99. The van der Waals surface area contributed by atoms with Crippen LogP contribution in [0.3, 0.4) is 0 Å². The minimum Gasteiger partial charge on any atom is -0.167 e. The Morgan fingerprint density at radius 1 is 1.50 bits per heavy atom. The van der Waals surface area contributed by atoms with E-state index in [0.29, 0.717) is 0 Å². The molecule has 0 unspecified atom stereocenters. The molecular weight excluding hydrogens is 160 g/mol. The lowest BCUT2D eigenvalue weighted by Gasteiger charge is -2.16. The molecular formula is C8H12S2. The Balaban J connectivity index is 3.05. The van der Waals surface area contributed by atoms with Crippen LogP contribution in [0, 0.1) is 6.92 Å². The highest BCUT2D eigenvalue weighted by Gasteiger charge is 2.17. The van der Waals surface area contributed by atoms with Gasteiger partial charge in [0.15, 0.2) is 0 Å². The summed E-state index contributed by atoms with van der Waals surface area (Å²) < 4.78 is 0.0260. The third-order valence-corrected chi connectivity index (χ3v) is 3.13. The molecule has 0 atom stereocenters. The fourth-order valence-electron chi connectivity index (χ4n) is 0.999. The van der Waals surface area contributed by atoms with E-state index in [9.17, 15) is 0 Å². The summed E-state index contributed by atoms with van der Waals surface area (Å²) in [7, 11) is 0. The molecule has 0 nitrogen and oxygen atoms in total. The SMILES string of the molecule is Cc1ccsc1C(C)(C)S. The number of hydrogen-bond acceptors (Lipinski definition) is 2. The molecule has 1 heterocycles. The zero-order valence-corrected chi connectivity index (χ0v) is 8.22. The van der Waals surface area contributed by atoms with Crippen molar-refractivity contribution in [2.45, 2.75) is 25.5 Å². The monoisotopic (exact) mass is 172 g/mol. The molecule has 1 rings (SSSR count). The van der Waals surface area contributed by atoms with Crippen LogP contribution in [0.5, 0.6) is 0 Å². The van der Waals surface area contributed by atoms with Gasteiger partial charge in [-0.15, -0.1) is 11.3 Å². The van der Waals surface area contributed by atoms with E-state index in [0.717, 1.165) is 0 Å². The number of rotatable bonds is 1. The third-order valence-electron chi connectivity index (χ3n) is 1.42. The summed E-state index contributed by atoms with van der Waals surface area (Å²) in [6, 6.07) is 2.14. The average molecular weight is 172 g/mol. The van der Waals surface area contributed by atoms with Gasteiger partial charge in [-0.2, -0.15) is 12.6 Å². The maximum Gasteiger partial charge on any atom is 0.0418 e. The van der Waals surface area contributed by atoms with Crippen molar-refractivity contribution in [3.05, 3.63) is 21.9 Å². The Morgan fingerprint density at radius 3 is 2.30 bits per heavy atom. The van der Waals surface area contributed by atoms with E-state index in [1.54, 1.807) is 11.3 Å². The highest BCUT2D eigenvalue weighted by atomic mass is 32.1. The first-order chi connectivity index (χ1) is 4.52. The normalized spacial score (nSPS) is 12.0. The molecule has 0 aromatic carbocycles. The summed E-state index contributed by atoms with van der Waals surface area (Å²) in [4.78, 5) is 1.37. The lowest BCUT2D eigenvalue weighted by molar-refractivity contribution is 0.805. The standard InChI is InChI=1S/C8H12S2/c1-6-4-5-10-7(6)8(2,3)9/h4-5,9H,1-3H3. The molecule has 0 aliphatic heterocycles. The molecule has 0 bridgehead atoms. The van der Waals surface area contributed by atoms with Crippen molar-refractivity contribution in [3.63, 3.8) is 0 Å². The Labute approximate surface area is 71.7 Å². The van der Waals surface area contributed by atoms with Gasteiger partial charge in [0, 0.05) is 9.62 Å². The van der Waals surface area contributed by atoms with Gasteiger partial charge in [-0.1, -0.05) is 0 Å². The van der Waals surface area contributed by atoms with E-state index in [4.69, 9.17) is 0 Å². The van der Waals surface area contributed by atoms with E-state index >= 15 is 0 Å². The van der Waals surface area contributed by atoms with E-state index in [1.165, 1.54) is 10.4 Å². The first-order valence-electron chi connectivity index (χ1n) is 3.29. The van der Waals surface area contributed by atoms with E-state index in [-0.39, 0.29) is 4.75 Å². The number of aryl methyl sites for hydroxylation is 1. The molecule has 1 aromatic rings. The summed E-state index contributed by atoms with van der Waals surface area (Å²) in [5.74, 6) is 0. The molecule has 0 radical (unpaired) electrons. The number of hydrogen-bond donors (Lipinski definition) is 1. The Kier molecular flexibility index (Phi) is 2.11. The summed E-state index contributed by atoms with van der Waals surface area (Å²) in [5.41, 5.74) is 1.35. The topological polar surface area (TPSA) is 0 Å². The molecule has 0 saturated carbocycles. The van der Waals surface area contributed by atoms with Gasteiger partial charge < -0.3 is 0 Å². The van der Waals surface area contributed by atoms with Crippen molar-refractivity contribution >= 4 is 24.0 Å². The van der Waals surface area contributed by atoms with Gasteiger partial charge in [0.1, 0.15) is 0 Å². The largest absolute Gasteiger partial charge is 0.167 e. The molecule has 0 amide bonds. The molecule has 2 heteroatoms. The zero-order chi connectivity index (χ0) is 7.78. The van der Waals surface area contributed by atoms with Gasteiger partial charge in [0.2, 0.25) is 0 Å². The van der Waals surface area contributed by atoms with Crippen molar-refractivity contribution in [3.8, 4) is 0 Å². The molecule has 0 fully saturated rings. The Hall–Kier alpha value is 0.0500. The Bertz CT molecular complexity index is 217. The van der Waals surface area contributed by atoms with Gasteiger partial charge in [-0.3, -0.25) is 0 Å². The minimum absolute atomic E-state index is 0.0260. The van der Waals surface area contributed by atoms with Gasteiger partial charge in [0.05, 0.1) is 0 Å². The Morgan fingerprint density at radius 2 is 2.10 bits per heavy atom. The van der Waals surface area contributed by atoms with E-state index in [1.807, 2.05) is 0 Å². The second kappa shape index (κ2) is 2.59. The van der Waals surface area contributed by atoms with Crippen molar-refractivity contribution in [2.75, 3.05) is 0 Å². The lowest BCUT2D eigenvalue weighted by Crippen LogP contribution is -2.05. The molecule has 10 heavy (non-hydrogen) atoms. The smallest absolute Gasteiger partial charge is 0.0418 e. The van der Waals surface area contributed by atoms with Crippen LogP contribution in [-0.4, -0.2) is 0 Å². The lowest BCUT2D eigenvalue weighted by atomic mass is 10.1. The first kappa shape index (κ1) is 8.15. The zero-order valence-electron chi connectivity index (χ0n) is 6.51. The summed E-state index contributed by atoms with van der Waals surface area (Å²) in [6.07, 6.45) is 0. The first-order valence-corrected chi connectivity index (χ1v) is 4.61.